The van der Waals surface area contributed by atoms with E-state index in [9.17, 15) is 0 Å². The molecule has 0 aromatic carbocycles. The van der Waals surface area contributed by atoms with Gasteiger partial charge in [0.05, 0.1) is 0 Å². The fourth-order valence-electron chi connectivity index (χ4n) is 2.98. The number of alkyl halides is 1. The summed E-state index contributed by atoms with van der Waals surface area (Å²) in [6.45, 7) is 7.22. The molecule has 0 bridgehead atoms. The van der Waals surface area contributed by atoms with Crippen molar-refractivity contribution < 1.29 is 0 Å². The van der Waals surface area contributed by atoms with Gasteiger partial charge in [0.1, 0.15) is 0 Å². The Kier molecular flexibility index (Phi) is 6.35. The predicted octanol–water partition coefficient (Wildman–Crippen LogP) is 4.31. The van der Waals surface area contributed by atoms with E-state index in [-0.39, 0.29) is 0 Å². The minimum Gasteiger partial charge on any atom is -0.306 e. The minimum absolute atomic E-state index is 0.493. The smallest absolute Gasteiger partial charge is 0.01000 e. The molecule has 1 nitrogen and oxygen atoms in total. The molecule has 96 valence electrons. The summed E-state index contributed by atoms with van der Waals surface area (Å²) in [5, 5.41) is 1.14. The molecule has 0 saturated heterocycles. The first-order chi connectivity index (χ1) is 7.65. The fourth-order valence-corrected chi connectivity index (χ4v) is 3.95. The fraction of sp³-hybridized carbons (Fsp3) is 1.00. The van der Waals surface area contributed by atoms with Gasteiger partial charge in [-0.2, -0.15) is 0 Å². The molecule has 0 aromatic heterocycles. The van der Waals surface area contributed by atoms with Crippen molar-refractivity contribution in [2.75, 3.05) is 25.5 Å². The summed E-state index contributed by atoms with van der Waals surface area (Å²) in [6.07, 6.45) is 8.41. The van der Waals surface area contributed by atoms with E-state index < -0.39 is 0 Å². The summed E-state index contributed by atoms with van der Waals surface area (Å²) in [7, 11) is 2.31. The normalized spacial score (nSPS) is 18.6. The number of hydrogen-bond acceptors (Lipinski definition) is 1. The largest absolute Gasteiger partial charge is 0.306 e. The second-order valence-corrected chi connectivity index (χ2v) is 6.25. The second-order valence-electron chi connectivity index (χ2n) is 5.69. The van der Waals surface area contributed by atoms with Gasteiger partial charge in [0, 0.05) is 18.4 Å². The van der Waals surface area contributed by atoms with Crippen LogP contribution in [-0.2, 0) is 0 Å². The summed E-state index contributed by atoms with van der Waals surface area (Å²) in [6, 6.07) is 0. The maximum absolute atomic E-state index is 3.71. The van der Waals surface area contributed by atoms with Gasteiger partial charge in [-0.15, -0.1) is 0 Å². The van der Waals surface area contributed by atoms with Gasteiger partial charge >= 0.3 is 0 Å². The van der Waals surface area contributed by atoms with E-state index in [0.717, 1.165) is 11.2 Å². The molecule has 0 aromatic rings. The molecule has 0 aliphatic heterocycles. The molecule has 1 rings (SSSR count). The van der Waals surface area contributed by atoms with Crippen LogP contribution in [0.2, 0.25) is 0 Å². The van der Waals surface area contributed by atoms with Gasteiger partial charge in [0.15, 0.2) is 0 Å². The average molecular weight is 290 g/mol. The van der Waals surface area contributed by atoms with Gasteiger partial charge in [-0.1, -0.05) is 42.6 Å². The molecule has 2 heteroatoms. The van der Waals surface area contributed by atoms with Crippen LogP contribution < -0.4 is 0 Å². The van der Waals surface area contributed by atoms with Crippen LogP contribution in [0.4, 0.5) is 0 Å². The molecule has 1 aliphatic carbocycles. The number of halogens is 1. The molecular formula is C14H28BrN. The molecule has 0 amide bonds. The van der Waals surface area contributed by atoms with Crippen LogP contribution in [0.15, 0.2) is 0 Å². The zero-order chi connectivity index (χ0) is 12.0. The van der Waals surface area contributed by atoms with Crippen molar-refractivity contribution in [2.24, 2.45) is 11.3 Å². The van der Waals surface area contributed by atoms with Crippen LogP contribution in [0, 0.1) is 11.3 Å². The second kappa shape index (κ2) is 7.00. The van der Waals surface area contributed by atoms with Crippen LogP contribution in [-0.4, -0.2) is 30.4 Å². The lowest BCUT2D eigenvalue weighted by Crippen LogP contribution is -2.38. The van der Waals surface area contributed by atoms with Crippen molar-refractivity contribution in [1.29, 1.82) is 0 Å². The van der Waals surface area contributed by atoms with E-state index in [0.29, 0.717) is 5.41 Å². The first kappa shape index (κ1) is 14.5. The first-order valence-electron chi connectivity index (χ1n) is 6.90. The molecule has 16 heavy (non-hydrogen) atoms. The van der Waals surface area contributed by atoms with E-state index in [1.165, 1.54) is 51.6 Å². The van der Waals surface area contributed by atoms with Crippen molar-refractivity contribution >= 4 is 15.9 Å². The number of hydrogen-bond donors (Lipinski definition) is 0. The Balaban J connectivity index is 2.38. The molecule has 0 heterocycles. The van der Waals surface area contributed by atoms with Crippen molar-refractivity contribution in [1.82, 2.24) is 4.90 Å². The van der Waals surface area contributed by atoms with Gasteiger partial charge in [0.25, 0.3) is 0 Å². The summed E-state index contributed by atoms with van der Waals surface area (Å²) in [5.41, 5.74) is 0.493. The van der Waals surface area contributed by atoms with Gasteiger partial charge in [-0.25, -0.2) is 0 Å². The summed E-state index contributed by atoms with van der Waals surface area (Å²) < 4.78 is 0. The lowest BCUT2D eigenvalue weighted by molar-refractivity contribution is 0.167. The first-order valence-corrected chi connectivity index (χ1v) is 8.02. The van der Waals surface area contributed by atoms with Gasteiger partial charge in [-0.3, -0.25) is 0 Å². The Morgan fingerprint density at radius 3 is 2.19 bits per heavy atom. The molecule has 0 N–H and O–H groups in total. The molecule has 0 atom stereocenters. The summed E-state index contributed by atoms with van der Waals surface area (Å²) in [5.74, 6) is 0.978. The monoisotopic (exact) mass is 289 g/mol. The maximum Gasteiger partial charge on any atom is 0.01000 e. The molecule has 1 saturated carbocycles. The third-order valence-electron chi connectivity index (χ3n) is 4.43. The van der Waals surface area contributed by atoms with Crippen molar-refractivity contribution in [3.05, 3.63) is 0 Å². The van der Waals surface area contributed by atoms with Crippen LogP contribution in [0.1, 0.15) is 52.4 Å². The molecule has 0 unspecified atom stereocenters. The van der Waals surface area contributed by atoms with E-state index in [2.05, 4.69) is 41.7 Å². The maximum atomic E-state index is 3.71. The molecule has 1 aliphatic rings. The Bertz CT molecular complexity index is 175. The van der Waals surface area contributed by atoms with Gasteiger partial charge in [-0.05, 0) is 44.1 Å². The average Bonchev–Trinajstić information content (AvgIpc) is 2.79. The molecule has 1 fully saturated rings. The SMILES string of the molecule is CCC(CC)(CBr)CN(C)CC1CCCC1. The minimum atomic E-state index is 0.493. The van der Waals surface area contributed by atoms with E-state index in [1.807, 2.05) is 0 Å². The molecule has 0 radical (unpaired) electrons. The Morgan fingerprint density at radius 2 is 1.75 bits per heavy atom. The van der Waals surface area contributed by atoms with Crippen LogP contribution >= 0.6 is 15.9 Å². The topological polar surface area (TPSA) is 3.24 Å². The third kappa shape index (κ3) is 4.03. The van der Waals surface area contributed by atoms with Gasteiger partial charge < -0.3 is 4.90 Å². The zero-order valence-electron chi connectivity index (χ0n) is 11.3. The summed E-state index contributed by atoms with van der Waals surface area (Å²) >= 11 is 3.71. The van der Waals surface area contributed by atoms with Gasteiger partial charge in [0.2, 0.25) is 0 Å². The Hall–Kier alpha value is 0.440. The number of rotatable bonds is 7. The lowest BCUT2D eigenvalue weighted by atomic mass is 9.84. The standard InChI is InChI=1S/C14H28BrN/c1-4-14(5-2,11-15)12-16(3)10-13-8-6-7-9-13/h13H,4-12H2,1-3H3. The van der Waals surface area contributed by atoms with Crippen LogP contribution in [0.3, 0.4) is 0 Å². The lowest BCUT2D eigenvalue weighted by Gasteiger charge is -2.35. The van der Waals surface area contributed by atoms with Crippen molar-refractivity contribution in [3.63, 3.8) is 0 Å². The highest BCUT2D eigenvalue weighted by atomic mass is 79.9. The summed E-state index contributed by atoms with van der Waals surface area (Å²) in [4.78, 5) is 2.57. The Labute approximate surface area is 110 Å². The molecule has 0 spiro atoms. The van der Waals surface area contributed by atoms with Crippen molar-refractivity contribution in [3.8, 4) is 0 Å². The van der Waals surface area contributed by atoms with E-state index in [4.69, 9.17) is 0 Å². The Morgan fingerprint density at radius 1 is 1.19 bits per heavy atom. The molecular weight excluding hydrogens is 262 g/mol. The van der Waals surface area contributed by atoms with Crippen LogP contribution in [0.25, 0.3) is 0 Å². The highest BCUT2D eigenvalue weighted by Crippen LogP contribution is 2.31. The quantitative estimate of drug-likeness (QED) is 0.632. The van der Waals surface area contributed by atoms with E-state index >= 15 is 0 Å². The highest BCUT2D eigenvalue weighted by molar-refractivity contribution is 9.09. The van der Waals surface area contributed by atoms with Crippen molar-refractivity contribution in [2.45, 2.75) is 52.4 Å². The number of nitrogens with zero attached hydrogens (tertiary/aromatic N) is 1. The predicted molar refractivity (Wildman–Crippen MR) is 76.3 cm³/mol. The van der Waals surface area contributed by atoms with E-state index in [1.54, 1.807) is 0 Å². The highest BCUT2D eigenvalue weighted by Gasteiger charge is 2.27. The zero-order valence-corrected chi connectivity index (χ0v) is 12.9. The van der Waals surface area contributed by atoms with Crippen LogP contribution in [0.5, 0.6) is 0 Å². The third-order valence-corrected chi connectivity index (χ3v) is 5.62.